The van der Waals surface area contributed by atoms with E-state index in [1.54, 1.807) is 24.3 Å². The van der Waals surface area contributed by atoms with Crippen LogP contribution in [0.5, 0.6) is 5.75 Å². The summed E-state index contributed by atoms with van der Waals surface area (Å²) in [6.45, 7) is -0.464. The second-order valence-corrected chi connectivity index (χ2v) is 5.00. The zero-order valence-corrected chi connectivity index (χ0v) is 12.6. The van der Waals surface area contributed by atoms with Crippen LogP contribution in [-0.4, -0.2) is 42.6 Å². The number of nitrogens with zero attached hydrogens (tertiary/aromatic N) is 2. The molecule has 0 radical (unpaired) electrons. The highest BCUT2D eigenvalue weighted by molar-refractivity contribution is 6.39. The maximum Gasteiger partial charge on any atom is 0.272 e. The first-order chi connectivity index (χ1) is 11.0. The summed E-state index contributed by atoms with van der Waals surface area (Å²) < 4.78 is 29.2. The average molecular weight is 325 g/mol. The van der Waals surface area contributed by atoms with E-state index in [1.165, 1.54) is 7.05 Å². The largest absolute Gasteiger partial charge is 0.488 e. The first-order valence-corrected chi connectivity index (χ1v) is 7.08. The SMILES string of the molecule is CN1N=C(C(=O)NCc2cccc(OCC(F)F)c2)CCC1=O. The van der Waals surface area contributed by atoms with E-state index in [0.29, 0.717) is 17.7 Å². The summed E-state index contributed by atoms with van der Waals surface area (Å²) in [6, 6.07) is 6.56. The summed E-state index contributed by atoms with van der Waals surface area (Å²) in [5, 5.41) is 7.76. The second-order valence-electron chi connectivity index (χ2n) is 5.00. The van der Waals surface area contributed by atoms with Crippen molar-refractivity contribution in [2.75, 3.05) is 13.7 Å². The van der Waals surface area contributed by atoms with Crippen LogP contribution in [0.15, 0.2) is 29.4 Å². The molecule has 1 aromatic rings. The van der Waals surface area contributed by atoms with Crippen LogP contribution >= 0.6 is 0 Å². The average Bonchev–Trinajstić information content (AvgIpc) is 2.53. The van der Waals surface area contributed by atoms with Gasteiger partial charge < -0.3 is 10.1 Å². The van der Waals surface area contributed by atoms with Crippen molar-refractivity contribution in [1.29, 1.82) is 0 Å². The minimum absolute atomic E-state index is 0.134. The zero-order chi connectivity index (χ0) is 16.8. The maximum atomic E-state index is 12.1. The summed E-state index contributed by atoms with van der Waals surface area (Å²) >= 11 is 0. The van der Waals surface area contributed by atoms with Crippen molar-refractivity contribution in [3.05, 3.63) is 29.8 Å². The molecule has 1 aliphatic heterocycles. The first kappa shape index (κ1) is 16.9. The lowest BCUT2D eigenvalue weighted by Gasteiger charge is -2.18. The topological polar surface area (TPSA) is 71.0 Å². The molecule has 1 aromatic carbocycles. The Kier molecular flexibility index (Phi) is 5.61. The highest BCUT2D eigenvalue weighted by Crippen LogP contribution is 2.14. The number of alkyl halides is 2. The molecule has 1 heterocycles. The van der Waals surface area contributed by atoms with Crippen LogP contribution in [-0.2, 0) is 16.1 Å². The smallest absolute Gasteiger partial charge is 0.272 e. The standard InChI is InChI=1S/C15H17F2N3O3/c1-20-14(21)6-5-12(19-20)15(22)18-8-10-3-2-4-11(7-10)23-9-13(16)17/h2-4,7,13H,5-6,8-9H2,1H3,(H,18,22). The summed E-state index contributed by atoms with van der Waals surface area (Å²) in [5.74, 6) is -0.175. The molecular weight excluding hydrogens is 308 g/mol. The number of rotatable bonds is 6. The molecule has 2 rings (SSSR count). The molecule has 0 saturated heterocycles. The molecule has 0 aromatic heterocycles. The number of amides is 2. The number of halogens is 2. The fraction of sp³-hybridized carbons (Fsp3) is 0.400. The van der Waals surface area contributed by atoms with E-state index in [4.69, 9.17) is 4.74 Å². The predicted molar refractivity (Wildman–Crippen MR) is 79.2 cm³/mol. The molecule has 124 valence electrons. The molecule has 0 spiro atoms. The fourth-order valence-corrected chi connectivity index (χ4v) is 2.02. The maximum absolute atomic E-state index is 12.1. The normalized spacial score (nSPS) is 14.7. The summed E-state index contributed by atoms with van der Waals surface area (Å²) in [6.07, 6.45) is -1.99. The van der Waals surface area contributed by atoms with Gasteiger partial charge in [-0.05, 0) is 17.7 Å². The Bertz CT molecular complexity index is 620. The van der Waals surface area contributed by atoms with Gasteiger partial charge in [0.25, 0.3) is 12.3 Å². The minimum atomic E-state index is -2.54. The molecule has 2 amide bonds. The van der Waals surface area contributed by atoms with Crippen LogP contribution in [0.3, 0.4) is 0 Å². The van der Waals surface area contributed by atoms with Crippen LogP contribution in [0.4, 0.5) is 8.78 Å². The quantitative estimate of drug-likeness (QED) is 0.863. The fourth-order valence-electron chi connectivity index (χ4n) is 2.02. The van der Waals surface area contributed by atoms with Gasteiger partial charge in [0, 0.05) is 26.4 Å². The van der Waals surface area contributed by atoms with Gasteiger partial charge >= 0.3 is 0 Å². The molecule has 0 saturated carbocycles. The molecule has 6 nitrogen and oxygen atoms in total. The van der Waals surface area contributed by atoms with E-state index in [1.807, 2.05) is 0 Å². The van der Waals surface area contributed by atoms with Gasteiger partial charge in [-0.3, -0.25) is 9.59 Å². The van der Waals surface area contributed by atoms with Gasteiger partial charge in [-0.25, -0.2) is 13.8 Å². The summed E-state index contributed by atoms with van der Waals surface area (Å²) in [4.78, 5) is 23.3. The van der Waals surface area contributed by atoms with Gasteiger partial charge in [0.05, 0.1) is 0 Å². The molecule has 0 aliphatic carbocycles. The van der Waals surface area contributed by atoms with Crippen molar-refractivity contribution in [2.24, 2.45) is 5.10 Å². The molecule has 23 heavy (non-hydrogen) atoms. The monoisotopic (exact) mass is 325 g/mol. The Morgan fingerprint density at radius 1 is 1.43 bits per heavy atom. The Morgan fingerprint density at radius 3 is 2.91 bits per heavy atom. The van der Waals surface area contributed by atoms with Crippen molar-refractivity contribution in [2.45, 2.75) is 25.8 Å². The van der Waals surface area contributed by atoms with Gasteiger partial charge in [-0.2, -0.15) is 5.10 Å². The molecular formula is C15H17F2N3O3. The number of hydrogen-bond donors (Lipinski definition) is 1. The number of hydrazone groups is 1. The number of benzene rings is 1. The Morgan fingerprint density at radius 2 is 2.22 bits per heavy atom. The third kappa shape index (κ3) is 5.01. The van der Waals surface area contributed by atoms with E-state index in [9.17, 15) is 18.4 Å². The molecule has 1 aliphatic rings. The molecule has 0 unspecified atom stereocenters. The molecule has 0 atom stereocenters. The van der Waals surface area contributed by atoms with Crippen LogP contribution in [0.2, 0.25) is 0 Å². The Labute approximate surface area is 132 Å². The minimum Gasteiger partial charge on any atom is -0.488 e. The summed E-state index contributed by atoms with van der Waals surface area (Å²) in [7, 11) is 1.50. The predicted octanol–water partition coefficient (Wildman–Crippen LogP) is 1.55. The number of hydrogen-bond acceptors (Lipinski definition) is 4. The first-order valence-electron chi connectivity index (χ1n) is 7.08. The van der Waals surface area contributed by atoms with E-state index in [2.05, 4.69) is 10.4 Å². The Hall–Kier alpha value is -2.51. The van der Waals surface area contributed by atoms with Gasteiger partial charge in [-0.15, -0.1) is 0 Å². The van der Waals surface area contributed by atoms with Crippen molar-refractivity contribution in [3.63, 3.8) is 0 Å². The molecule has 1 N–H and O–H groups in total. The van der Waals surface area contributed by atoms with Gasteiger partial charge in [0.15, 0.2) is 0 Å². The Balaban J connectivity index is 1.90. The van der Waals surface area contributed by atoms with Crippen LogP contribution in [0, 0.1) is 0 Å². The molecule has 0 bridgehead atoms. The van der Waals surface area contributed by atoms with E-state index in [-0.39, 0.29) is 30.5 Å². The van der Waals surface area contributed by atoms with E-state index in [0.717, 1.165) is 5.01 Å². The van der Waals surface area contributed by atoms with Crippen molar-refractivity contribution in [1.82, 2.24) is 10.3 Å². The van der Waals surface area contributed by atoms with Crippen molar-refractivity contribution < 1.29 is 23.1 Å². The van der Waals surface area contributed by atoms with Gasteiger partial charge in [0.2, 0.25) is 5.91 Å². The van der Waals surface area contributed by atoms with Gasteiger partial charge in [-0.1, -0.05) is 12.1 Å². The van der Waals surface area contributed by atoms with Crippen molar-refractivity contribution in [3.8, 4) is 5.75 Å². The molecule has 0 fully saturated rings. The van der Waals surface area contributed by atoms with Crippen LogP contribution in [0.1, 0.15) is 18.4 Å². The van der Waals surface area contributed by atoms with E-state index < -0.39 is 13.0 Å². The second kappa shape index (κ2) is 7.66. The highest BCUT2D eigenvalue weighted by Gasteiger charge is 2.21. The number of nitrogens with one attached hydrogen (secondary N) is 1. The number of carbonyl (C=O) groups is 2. The highest BCUT2D eigenvalue weighted by atomic mass is 19.3. The summed E-state index contributed by atoms with van der Waals surface area (Å²) in [5.41, 5.74) is 1.00. The van der Waals surface area contributed by atoms with Crippen LogP contribution in [0.25, 0.3) is 0 Å². The van der Waals surface area contributed by atoms with Crippen molar-refractivity contribution >= 4 is 17.5 Å². The van der Waals surface area contributed by atoms with Crippen LogP contribution < -0.4 is 10.1 Å². The van der Waals surface area contributed by atoms with E-state index >= 15 is 0 Å². The third-order valence-electron chi connectivity index (χ3n) is 3.20. The lowest BCUT2D eigenvalue weighted by Crippen LogP contribution is -2.37. The zero-order valence-electron chi connectivity index (χ0n) is 12.6. The lowest BCUT2D eigenvalue weighted by molar-refractivity contribution is -0.130. The van der Waals surface area contributed by atoms with Gasteiger partial charge in [0.1, 0.15) is 18.1 Å². The third-order valence-corrected chi connectivity index (χ3v) is 3.20. The lowest BCUT2D eigenvalue weighted by atomic mass is 10.1. The number of ether oxygens (including phenoxy) is 1. The number of carbonyl (C=O) groups excluding carboxylic acids is 2. The molecule has 8 heteroatoms.